The molecule has 0 aliphatic rings. The molecule has 0 fully saturated rings. The molecule has 0 rings (SSSR count). The molecule has 1 unspecified atom stereocenters. The van der Waals surface area contributed by atoms with Crippen molar-refractivity contribution < 1.29 is 28.6 Å². The Labute approximate surface area is 484 Å². The van der Waals surface area contributed by atoms with Crippen molar-refractivity contribution in [1.29, 1.82) is 0 Å². The molecule has 0 aromatic heterocycles. The van der Waals surface area contributed by atoms with Crippen molar-refractivity contribution in [3.63, 3.8) is 0 Å². The summed E-state index contributed by atoms with van der Waals surface area (Å²) >= 11 is 0. The van der Waals surface area contributed by atoms with Gasteiger partial charge in [0.2, 0.25) is 0 Å². The minimum atomic E-state index is -0.773. The van der Waals surface area contributed by atoms with Crippen molar-refractivity contribution >= 4 is 17.9 Å². The highest BCUT2D eigenvalue weighted by molar-refractivity contribution is 5.71. The Morgan fingerprint density at radius 2 is 0.500 bits per heavy atom. The van der Waals surface area contributed by atoms with Crippen LogP contribution in [0.15, 0.2) is 72.9 Å². The number of esters is 3. The maximum Gasteiger partial charge on any atom is 0.306 e. The maximum atomic E-state index is 12.9. The second-order valence-electron chi connectivity index (χ2n) is 22.7. The Balaban J connectivity index is 4.09. The third kappa shape index (κ3) is 63.7. The molecule has 6 heteroatoms. The van der Waals surface area contributed by atoms with Gasteiger partial charge in [-0.05, 0) is 70.6 Å². The summed E-state index contributed by atoms with van der Waals surface area (Å²) < 4.78 is 16.9. The maximum absolute atomic E-state index is 12.9. The summed E-state index contributed by atoms with van der Waals surface area (Å²) in [5, 5.41) is 0. The lowest BCUT2D eigenvalue weighted by molar-refractivity contribution is -0.167. The zero-order valence-electron chi connectivity index (χ0n) is 51.9. The third-order valence-corrected chi connectivity index (χ3v) is 15.0. The first kappa shape index (κ1) is 74.8. The van der Waals surface area contributed by atoms with Crippen molar-refractivity contribution in [2.24, 2.45) is 0 Å². The van der Waals surface area contributed by atoms with Crippen LogP contribution >= 0.6 is 0 Å². The highest BCUT2D eigenvalue weighted by Gasteiger charge is 2.19. The first-order chi connectivity index (χ1) is 38.5. The zero-order chi connectivity index (χ0) is 56.4. The number of carbonyl (C=O) groups is 3. The van der Waals surface area contributed by atoms with Gasteiger partial charge in [-0.25, -0.2) is 0 Å². The van der Waals surface area contributed by atoms with Crippen molar-refractivity contribution in [3.8, 4) is 0 Å². The normalized spacial score (nSPS) is 12.5. The van der Waals surface area contributed by atoms with Crippen LogP contribution in [0.5, 0.6) is 0 Å². The van der Waals surface area contributed by atoms with E-state index in [2.05, 4.69) is 93.7 Å². The molecule has 78 heavy (non-hydrogen) atoms. The molecule has 1 atom stereocenters. The lowest BCUT2D eigenvalue weighted by atomic mass is 10.0. The summed E-state index contributed by atoms with van der Waals surface area (Å²) in [7, 11) is 0. The number of ether oxygens (including phenoxy) is 3. The SMILES string of the molecule is CC/C=C\C/C=C\C/C=C\C/C=C\C/C=C\C/C=C\CCCCCCCCCCCCC(=O)OCC(COC(=O)CCCCCCCCC)OC(=O)CCCCCCCCCCCCCCCCCCCCCCCCCC. The van der Waals surface area contributed by atoms with Crippen LogP contribution in [-0.4, -0.2) is 37.2 Å². The second kappa shape index (κ2) is 66.4. The minimum Gasteiger partial charge on any atom is -0.462 e. The molecule has 0 N–H and O–H groups in total. The molecular formula is C72H128O6. The van der Waals surface area contributed by atoms with Crippen molar-refractivity contribution in [2.75, 3.05) is 13.2 Å². The molecule has 0 spiro atoms. The summed E-state index contributed by atoms with van der Waals surface area (Å²) in [5.74, 6) is -0.865. The van der Waals surface area contributed by atoms with Gasteiger partial charge in [-0.2, -0.15) is 0 Å². The van der Waals surface area contributed by atoms with E-state index >= 15 is 0 Å². The van der Waals surface area contributed by atoms with E-state index in [1.807, 2.05) is 0 Å². The molecule has 0 heterocycles. The average Bonchev–Trinajstić information content (AvgIpc) is 3.44. The molecule has 0 aliphatic carbocycles. The van der Waals surface area contributed by atoms with Crippen molar-refractivity contribution in [1.82, 2.24) is 0 Å². The Morgan fingerprint density at radius 3 is 0.782 bits per heavy atom. The monoisotopic (exact) mass is 1090 g/mol. The van der Waals surface area contributed by atoms with E-state index in [-0.39, 0.29) is 31.1 Å². The van der Waals surface area contributed by atoms with Crippen molar-refractivity contribution in [3.05, 3.63) is 72.9 Å². The van der Waals surface area contributed by atoms with Gasteiger partial charge >= 0.3 is 17.9 Å². The number of hydrogen-bond acceptors (Lipinski definition) is 6. The molecule has 0 bridgehead atoms. The molecule has 6 nitrogen and oxygen atoms in total. The fourth-order valence-corrected chi connectivity index (χ4v) is 9.92. The molecule has 0 aromatic rings. The quantitative estimate of drug-likeness (QED) is 0.0261. The van der Waals surface area contributed by atoms with Gasteiger partial charge in [-0.3, -0.25) is 14.4 Å². The van der Waals surface area contributed by atoms with Gasteiger partial charge in [-0.1, -0.05) is 331 Å². The predicted molar refractivity (Wildman–Crippen MR) is 339 cm³/mol. The zero-order valence-corrected chi connectivity index (χ0v) is 51.9. The molecule has 0 aliphatic heterocycles. The molecule has 0 radical (unpaired) electrons. The molecule has 0 aromatic carbocycles. The van der Waals surface area contributed by atoms with Crippen LogP contribution in [0.1, 0.15) is 348 Å². The van der Waals surface area contributed by atoms with E-state index in [9.17, 15) is 14.4 Å². The van der Waals surface area contributed by atoms with Gasteiger partial charge in [0.05, 0.1) is 0 Å². The minimum absolute atomic E-state index is 0.0722. The molecule has 0 saturated carbocycles. The molecule has 0 saturated heterocycles. The number of hydrogen-bond donors (Lipinski definition) is 0. The van der Waals surface area contributed by atoms with Gasteiger partial charge in [0.15, 0.2) is 6.10 Å². The lowest BCUT2D eigenvalue weighted by Gasteiger charge is -2.18. The van der Waals surface area contributed by atoms with Crippen LogP contribution in [0.25, 0.3) is 0 Å². The lowest BCUT2D eigenvalue weighted by Crippen LogP contribution is -2.30. The Morgan fingerprint density at radius 1 is 0.269 bits per heavy atom. The van der Waals surface area contributed by atoms with Crippen LogP contribution in [0, 0.1) is 0 Å². The summed E-state index contributed by atoms with van der Waals surface area (Å²) in [6.07, 6.45) is 86.6. The third-order valence-electron chi connectivity index (χ3n) is 15.0. The molecule has 0 amide bonds. The number of allylic oxidation sites excluding steroid dienone is 12. The Kier molecular flexibility index (Phi) is 63.7. The largest absolute Gasteiger partial charge is 0.462 e. The summed E-state index contributed by atoms with van der Waals surface area (Å²) in [4.78, 5) is 38.1. The summed E-state index contributed by atoms with van der Waals surface area (Å²) in [5.41, 5.74) is 0. The topological polar surface area (TPSA) is 78.9 Å². The van der Waals surface area contributed by atoms with E-state index in [1.165, 1.54) is 212 Å². The summed E-state index contributed by atoms with van der Waals surface area (Å²) in [6, 6.07) is 0. The van der Waals surface area contributed by atoms with E-state index < -0.39 is 6.10 Å². The van der Waals surface area contributed by atoms with Crippen molar-refractivity contribution in [2.45, 2.75) is 354 Å². The van der Waals surface area contributed by atoms with Gasteiger partial charge in [0, 0.05) is 19.3 Å². The Hall–Kier alpha value is -3.15. The van der Waals surface area contributed by atoms with E-state index in [0.717, 1.165) is 96.3 Å². The van der Waals surface area contributed by atoms with Crippen LogP contribution in [0.3, 0.4) is 0 Å². The first-order valence-corrected chi connectivity index (χ1v) is 33.9. The van der Waals surface area contributed by atoms with Gasteiger partial charge in [0.1, 0.15) is 13.2 Å². The van der Waals surface area contributed by atoms with Gasteiger partial charge < -0.3 is 14.2 Å². The Bertz CT molecular complexity index is 1440. The average molecular weight is 1090 g/mol. The fourth-order valence-electron chi connectivity index (χ4n) is 9.92. The van der Waals surface area contributed by atoms with Gasteiger partial charge in [-0.15, -0.1) is 0 Å². The van der Waals surface area contributed by atoms with E-state index in [1.54, 1.807) is 0 Å². The van der Waals surface area contributed by atoms with Crippen LogP contribution < -0.4 is 0 Å². The molecule has 452 valence electrons. The van der Waals surface area contributed by atoms with E-state index in [0.29, 0.717) is 19.3 Å². The predicted octanol–water partition coefficient (Wildman–Crippen LogP) is 23.3. The number of rotatable bonds is 62. The van der Waals surface area contributed by atoms with Crippen LogP contribution in [-0.2, 0) is 28.6 Å². The first-order valence-electron chi connectivity index (χ1n) is 33.9. The van der Waals surface area contributed by atoms with Crippen LogP contribution in [0.2, 0.25) is 0 Å². The smallest absolute Gasteiger partial charge is 0.306 e. The van der Waals surface area contributed by atoms with E-state index in [4.69, 9.17) is 14.2 Å². The second-order valence-corrected chi connectivity index (χ2v) is 22.7. The fraction of sp³-hybridized carbons (Fsp3) is 0.792. The number of carbonyl (C=O) groups excluding carboxylic acids is 3. The number of unbranched alkanes of at least 4 members (excludes halogenated alkanes) is 39. The molecular weight excluding hydrogens is 961 g/mol. The van der Waals surface area contributed by atoms with Crippen LogP contribution in [0.4, 0.5) is 0 Å². The summed E-state index contributed by atoms with van der Waals surface area (Å²) in [6.45, 7) is 6.53. The standard InChI is InChI=1S/C72H128O6/c1-4-7-10-13-16-18-20-22-24-26-28-30-32-34-35-36-37-38-40-41-43-45-47-49-51-53-56-59-62-65-71(74)77-68-69(67-76-70(73)64-61-58-55-15-12-9-6-3)78-72(75)66-63-60-57-54-52-50-48-46-44-42-39-33-31-29-27-25-23-21-19-17-14-11-8-5-2/h7,10,16,18,22,24,28,30,34-35,37-38,69H,4-6,8-9,11-15,17,19-21,23,25-27,29,31-33,36,39-68H2,1-3H3/b10-7-,18-16-,24-22-,30-28-,35-34-,38-37-. The highest BCUT2D eigenvalue weighted by atomic mass is 16.6. The highest BCUT2D eigenvalue weighted by Crippen LogP contribution is 2.18. The van der Waals surface area contributed by atoms with Gasteiger partial charge in [0.25, 0.3) is 0 Å².